The number of amides is 1. The van der Waals surface area contributed by atoms with Crippen molar-refractivity contribution < 1.29 is 9.18 Å². The SMILES string of the molecule is Cc1ccc(C(=O)N2CCN(c3ccc(F)c(Cl)c3)CC2)cc1. The fourth-order valence-corrected chi connectivity index (χ4v) is 2.90. The van der Waals surface area contributed by atoms with Gasteiger partial charge in [-0.3, -0.25) is 4.79 Å². The highest BCUT2D eigenvalue weighted by atomic mass is 35.5. The van der Waals surface area contributed by atoms with Gasteiger partial charge in [-0.15, -0.1) is 0 Å². The lowest BCUT2D eigenvalue weighted by atomic mass is 10.1. The molecule has 0 saturated carbocycles. The third kappa shape index (κ3) is 3.48. The zero-order valence-electron chi connectivity index (χ0n) is 12.9. The molecule has 0 unspecified atom stereocenters. The van der Waals surface area contributed by atoms with Crippen LogP contribution in [0.5, 0.6) is 0 Å². The van der Waals surface area contributed by atoms with Gasteiger partial charge in [0, 0.05) is 37.4 Å². The van der Waals surface area contributed by atoms with Crippen molar-refractivity contribution in [3.05, 3.63) is 64.4 Å². The van der Waals surface area contributed by atoms with Crippen LogP contribution in [-0.4, -0.2) is 37.0 Å². The minimum atomic E-state index is -0.413. The Morgan fingerprint density at radius 2 is 1.70 bits per heavy atom. The first kappa shape index (κ1) is 15.8. The third-order valence-corrected chi connectivity index (χ3v) is 4.42. The van der Waals surface area contributed by atoms with Crippen LogP contribution >= 0.6 is 11.6 Å². The highest BCUT2D eigenvalue weighted by Gasteiger charge is 2.22. The molecule has 0 atom stereocenters. The zero-order valence-corrected chi connectivity index (χ0v) is 13.7. The van der Waals surface area contributed by atoms with Crippen molar-refractivity contribution in [2.45, 2.75) is 6.92 Å². The average molecular weight is 333 g/mol. The molecule has 5 heteroatoms. The van der Waals surface area contributed by atoms with Crippen LogP contribution in [0, 0.1) is 12.7 Å². The Kier molecular flexibility index (Phi) is 4.53. The van der Waals surface area contributed by atoms with E-state index in [4.69, 9.17) is 11.6 Å². The lowest BCUT2D eigenvalue weighted by Gasteiger charge is -2.36. The van der Waals surface area contributed by atoms with Gasteiger partial charge in [0.1, 0.15) is 5.82 Å². The van der Waals surface area contributed by atoms with Crippen LogP contribution in [-0.2, 0) is 0 Å². The van der Waals surface area contributed by atoms with E-state index in [2.05, 4.69) is 4.90 Å². The van der Waals surface area contributed by atoms with Crippen molar-refractivity contribution in [2.75, 3.05) is 31.1 Å². The highest BCUT2D eigenvalue weighted by molar-refractivity contribution is 6.31. The molecule has 1 amide bonds. The Morgan fingerprint density at radius 1 is 1.04 bits per heavy atom. The smallest absolute Gasteiger partial charge is 0.253 e. The van der Waals surface area contributed by atoms with Crippen LogP contribution in [0.4, 0.5) is 10.1 Å². The van der Waals surface area contributed by atoms with Gasteiger partial charge in [0.05, 0.1) is 5.02 Å². The van der Waals surface area contributed by atoms with E-state index < -0.39 is 5.82 Å². The molecule has 0 spiro atoms. The van der Waals surface area contributed by atoms with Crippen molar-refractivity contribution in [2.24, 2.45) is 0 Å². The van der Waals surface area contributed by atoms with E-state index >= 15 is 0 Å². The molecule has 0 bridgehead atoms. The van der Waals surface area contributed by atoms with Crippen molar-refractivity contribution in [1.29, 1.82) is 0 Å². The predicted molar refractivity (Wildman–Crippen MR) is 90.7 cm³/mol. The van der Waals surface area contributed by atoms with Gasteiger partial charge >= 0.3 is 0 Å². The van der Waals surface area contributed by atoms with Crippen LogP contribution < -0.4 is 4.90 Å². The summed E-state index contributed by atoms with van der Waals surface area (Å²) in [6.07, 6.45) is 0. The Hall–Kier alpha value is -2.07. The van der Waals surface area contributed by atoms with E-state index in [1.54, 1.807) is 12.1 Å². The number of nitrogens with zero attached hydrogens (tertiary/aromatic N) is 2. The summed E-state index contributed by atoms with van der Waals surface area (Å²) in [6.45, 7) is 4.70. The number of hydrogen-bond donors (Lipinski definition) is 0. The molecular weight excluding hydrogens is 315 g/mol. The first-order valence-corrected chi connectivity index (χ1v) is 7.98. The van der Waals surface area contributed by atoms with E-state index in [9.17, 15) is 9.18 Å². The zero-order chi connectivity index (χ0) is 16.4. The predicted octanol–water partition coefficient (Wildman–Crippen LogP) is 3.75. The summed E-state index contributed by atoms with van der Waals surface area (Å²) in [5.74, 6) is -0.356. The maximum absolute atomic E-state index is 13.2. The van der Waals surface area contributed by atoms with Crippen LogP contribution in [0.1, 0.15) is 15.9 Å². The Labute approximate surface area is 140 Å². The molecule has 0 radical (unpaired) electrons. The summed E-state index contributed by atoms with van der Waals surface area (Å²) in [5, 5.41) is 0.126. The molecule has 0 N–H and O–H groups in total. The second-order valence-electron chi connectivity index (χ2n) is 5.74. The maximum atomic E-state index is 13.2. The Balaban J connectivity index is 1.64. The minimum absolute atomic E-state index is 0.0572. The topological polar surface area (TPSA) is 23.6 Å². The summed E-state index contributed by atoms with van der Waals surface area (Å²) in [7, 11) is 0. The van der Waals surface area contributed by atoms with Gasteiger partial charge in [-0.2, -0.15) is 0 Å². The molecule has 1 fully saturated rings. The molecule has 120 valence electrons. The van der Waals surface area contributed by atoms with E-state index in [1.165, 1.54) is 6.07 Å². The summed E-state index contributed by atoms with van der Waals surface area (Å²) in [5.41, 5.74) is 2.74. The molecular formula is C18H18ClFN2O. The first-order chi connectivity index (χ1) is 11.0. The number of anilines is 1. The number of carbonyl (C=O) groups excluding carboxylic acids is 1. The fraction of sp³-hybridized carbons (Fsp3) is 0.278. The number of halogens is 2. The number of carbonyl (C=O) groups is 1. The summed E-state index contributed by atoms with van der Waals surface area (Å²) < 4.78 is 13.2. The molecule has 1 aliphatic rings. The van der Waals surface area contributed by atoms with Crippen molar-refractivity contribution in [3.63, 3.8) is 0 Å². The number of rotatable bonds is 2. The fourth-order valence-electron chi connectivity index (χ4n) is 2.73. The average Bonchev–Trinajstić information content (AvgIpc) is 2.57. The molecule has 0 aliphatic carbocycles. The standard InChI is InChI=1S/C18H18ClFN2O/c1-13-2-4-14(5-3-13)18(23)22-10-8-21(9-11-22)15-6-7-17(20)16(19)12-15/h2-7,12H,8-11H2,1H3. The van der Waals surface area contributed by atoms with Crippen LogP contribution in [0.2, 0.25) is 5.02 Å². The van der Waals surface area contributed by atoms with Crippen molar-refractivity contribution >= 4 is 23.2 Å². The molecule has 0 aromatic heterocycles. The van der Waals surface area contributed by atoms with Gasteiger partial charge in [0.2, 0.25) is 0 Å². The van der Waals surface area contributed by atoms with Gasteiger partial charge in [0.25, 0.3) is 5.91 Å². The summed E-state index contributed by atoms with van der Waals surface area (Å²) in [6, 6.07) is 12.4. The van der Waals surface area contributed by atoms with Gasteiger partial charge < -0.3 is 9.80 Å². The number of hydrogen-bond acceptors (Lipinski definition) is 2. The summed E-state index contributed by atoms with van der Waals surface area (Å²) in [4.78, 5) is 16.5. The van der Waals surface area contributed by atoms with E-state index in [-0.39, 0.29) is 10.9 Å². The van der Waals surface area contributed by atoms with Gasteiger partial charge in [0.15, 0.2) is 0 Å². The Morgan fingerprint density at radius 3 is 2.30 bits per heavy atom. The van der Waals surface area contributed by atoms with Gasteiger partial charge in [-0.05, 0) is 37.3 Å². The number of benzene rings is 2. The highest BCUT2D eigenvalue weighted by Crippen LogP contribution is 2.24. The lowest BCUT2D eigenvalue weighted by molar-refractivity contribution is 0.0747. The van der Waals surface area contributed by atoms with Gasteiger partial charge in [-0.1, -0.05) is 29.3 Å². The summed E-state index contributed by atoms with van der Waals surface area (Å²) >= 11 is 5.84. The first-order valence-electron chi connectivity index (χ1n) is 7.60. The largest absolute Gasteiger partial charge is 0.368 e. The van der Waals surface area contributed by atoms with Crippen molar-refractivity contribution in [3.8, 4) is 0 Å². The van der Waals surface area contributed by atoms with E-state index in [0.29, 0.717) is 31.7 Å². The second kappa shape index (κ2) is 6.59. The molecule has 3 rings (SSSR count). The van der Waals surface area contributed by atoms with E-state index in [1.807, 2.05) is 36.1 Å². The van der Waals surface area contributed by atoms with Crippen molar-refractivity contribution in [1.82, 2.24) is 4.90 Å². The molecule has 3 nitrogen and oxygen atoms in total. The maximum Gasteiger partial charge on any atom is 0.253 e. The monoisotopic (exact) mass is 332 g/mol. The second-order valence-corrected chi connectivity index (χ2v) is 6.15. The van der Waals surface area contributed by atoms with Crippen LogP contribution in [0.25, 0.3) is 0 Å². The third-order valence-electron chi connectivity index (χ3n) is 4.13. The molecule has 1 aliphatic heterocycles. The molecule has 1 heterocycles. The normalized spacial score (nSPS) is 14.9. The van der Waals surface area contributed by atoms with E-state index in [0.717, 1.165) is 11.3 Å². The number of piperazine rings is 1. The Bertz CT molecular complexity index is 709. The lowest BCUT2D eigenvalue weighted by Crippen LogP contribution is -2.48. The van der Waals surface area contributed by atoms with Gasteiger partial charge in [-0.25, -0.2) is 4.39 Å². The molecule has 2 aromatic rings. The quantitative estimate of drug-likeness (QED) is 0.836. The molecule has 2 aromatic carbocycles. The van der Waals surface area contributed by atoms with Crippen LogP contribution in [0.15, 0.2) is 42.5 Å². The minimum Gasteiger partial charge on any atom is -0.368 e. The molecule has 23 heavy (non-hydrogen) atoms. The van der Waals surface area contributed by atoms with Crippen LogP contribution in [0.3, 0.4) is 0 Å². The number of aryl methyl sites for hydroxylation is 1. The molecule has 1 saturated heterocycles.